The molecule has 0 aliphatic carbocycles. The van der Waals surface area contributed by atoms with E-state index >= 15 is 0 Å². The van der Waals surface area contributed by atoms with Gasteiger partial charge in [-0.15, -0.1) is 0 Å². The lowest BCUT2D eigenvalue weighted by Gasteiger charge is -2.27. The number of carbonyl (C=O) groups excluding carboxylic acids is 3. The number of carbonyl (C=O) groups is 3. The molecular formula is C22H23NO5. The van der Waals surface area contributed by atoms with Crippen molar-refractivity contribution in [2.24, 2.45) is 0 Å². The van der Waals surface area contributed by atoms with Crippen molar-refractivity contribution in [3.8, 4) is 5.75 Å². The van der Waals surface area contributed by atoms with Crippen LogP contribution in [0.5, 0.6) is 5.75 Å². The van der Waals surface area contributed by atoms with E-state index in [9.17, 15) is 14.4 Å². The highest BCUT2D eigenvalue weighted by atomic mass is 16.5. The molecule has 0 N–H and O–H groups in total. The minimum Gasteiger partial charge on any atom is -0.493 e. The zero-order valence-corrected chi connectivity index (χ0v) is 15.9. The quantitative estimate of drug-likeness (QED) is 0.286. The summed E-state index contributed by atoms with van der Waals surface area (Å²) in [5.41, 5.74) is 1.04. The van der Waals surface area contributed by atoms with Crippen LogP contribution in [0.3, 0.4) is 0 Å². The number of esters is 1. The summed E-state index contributed by atoms with van der Waals surface area (Å²) in [6.07, 6.45) is 3.32. The van der Waals surface area contributed by atoms with E-state index in [4.69, 9.17) is 9.47 Å². The summed E-state index contributed by atoms with van der Waals surface area (Å²) in [7, 11) is 0. The van der Waals surface area contributed by atoms with Gasteiger partial charge in [-0.2, -0.15) is 0 Å². The monoisotopic (exact) mass is 381 g/mol. The Hall–Kier alpha value is -3.15. The second-order valence-electron chi connectivity index (χ2n) is 6.53. The van der Waals surface area contributed by atoms with Crippen molar-refractivity contribution in [1.29, 1.82) is 0 Å². The molecule has 0 aromatic heterocycles. The van der Waals surface area contributed by atoms with Crippen LogP contribution in [0.2, 0.25) is 0 Å². The molecule has 0 bridgehead atoms. The number of nitrogens with zero attached hydrogens (tertiary/aromatic N) is 1. The normalized spacial score (nSPS) is 13.0. The number of unbranched alkanes of at least 4 members (excludes halogenated alkanes) is 1. The molecule has 1 aliphatic heterocycles. The Balaban J connectivity index is 1.82. The molecule has 0 unspecified atom stereocenters. The molecule has 0 radical (unpaired) electrons. The van der Waals surface area contributed by atoms with Gasteiger partial charge in [0.25, 0.3) is 11.8 Å². The Bertz CT molecular complexity index is 912. The van der Waals surface area contributed by atoms with Gasteiger partial charge in [0.15, 0.2) is 0 Å². The standard InChI is InChI=1S/C22H23NO5/c1-3-5-12-23-21(25)16-9-6-8-15-18(11-10-17(20(15)16)22(23)26)27-13-7-14-28-19(24)4-2/h4,6,8-11H,2-3,5,7,12-14H2,1H3. The van der Waals surface area contributed by atoms with Gasteiger partial charge in [-0.1, -0.05) is 32.1 Å². The van der Waals surface area contributed by atoms with Crippen LogP contribution in [-0.4, -0.2) is 42.4 Å². The topological polar surface area (TPSA) is 72.9 Å². The minimum absolute atomic E-state index is 0.232. The van der Waals surface area contributed by atoms with E-state index in [0.717, 1.165) is 24.3 Å². The molecule has 3 rings (SSSR count). The molecule has 1 aliphatic rings. The summed E-state index contributed by atoms with van der Waals surface area (Å²) >= 11 is 0. The maximum absolute atomic E-state index is 12.8. The Morgan fingerprint density at radius 2 is 1.82 bits per heavy atom. The van der Waals surface area contributed by atoms with Gasteiger partial charge < -0.3 is 9.47 Å². The van der Waals surface area contributed by atoms with Crippen LogP contribution >= 0.6 is 0 Å². The number of benzene rings is 2. The smallest absolute Gasteiger partial charge is 0.330 e. The summed E-state index contributed by atoms with van der Waals surface area (Å²) in [5.74, 6) is -0.389. The van der Waals surface area contributed by atoms with Gasteiger partial charge in [0.2, 0.25) is 0 Å². The van der Waals surface area contributed by atoms with Gasteiger partial charge in [0.05, 0.1) is 13.2 Å². The van der Waals surface area contributed by atoms with Gasteiger partial charge in [-0.25, -0.2) is 4.79 Å². The van der Waals surface area contributed by atoms with Gasteiger partial charge in [0, 0.05) is 40.9 Å². The maximum atomic E-state index is 12.8. The van der Waals surface area contributed by atoms with E-state index in [1.165, 1.54) is 4.90 Å². The van der Waals surface area contributed by atoms with Crippen LogP contribution in [0.1, 0.15) is 46.9 Å². The number of hydrogen-bond acceptors (Lipinski definition) is 5. The van der Waals surface area contributed by atoms with Crippen molar-refractivity contribution >= 4 is 28.6 Å². The largest absolute Gasteiger partial charge is 0.493 e. The predicted octanol–water partition coefficient (Wildman–Crippen LogP) is 3.73. The van der Waals surface area contributed by atoms with Crippen molar-refractivity contribution in [1.82, 2.24) is 4.90 Å². The van der Waals surface area contributed by atoms with Gasteiger partial charge in [0.1, 0.15) is 5.75 Å². The lowest BCUT2D eigenvalue weighted by molar-refractivity contribution is -0.137. The molecule has 146 valence electrons. The van der Waals surface area contributed by atoms with Crippen LogP contribution in [0, 0.1) is 0 Å². The highest BCUT2D eigenvalue weighted by Gasteiger charge is 2.32. The van der Waals surface area contributed by atoms with Crippen LogP contribution in [0.4, 0.5) is 0 Å². The van der Waals surface area contributed by atoms with Gasteiger partial charge in [-0.05, 0) is 24.6 Å². The fourth-order valence-electron chi connectivity index (χ4n) is 3.24. The Labute approximate surface area is 163 Å². The zero-order valence-electron chi connectivity index (χ0n) is 15.9. The maximum Gasteiger partial charge on any atom is 0.330 e. The van der Waals surface area contributed by atoms with Crippen LogP contribution in [-0.2, 0) is 9.53 Å². The Kier molecular flexibility index (Phi) is 6.09. The molecule has 28 heavy (non-hydrogen) atoms. The third-order valence-electron chi connectivity index (χ3n) is 4.64. The van der Waals surface area contributed by atoms with E-state index in [1.54, 1.807) is 24.3 Å². The molecule has 1 heterocycles. The molecule has 6 nitrogen and oxygen atoms in total. The SMILES string of the molecule is C=CC(=O)OCCCOc1ccc2c3c(cccc13)C(=O)N(CCCC)C2=O. The summed E-state index contributed by atoms with van der Waals surface area (Å²) in [5, 5.41) is 1.37. The van der Waals surface area contributed by atoms with Crippen LogP contribution < -0.4 is 4.74 Å². The van der Waals surface area contributed by atoms with Gasteiger partial charge in [-0.3, -0.25) is 14.5 Å². The second-order valence-corrected chi connectivity index (χ2v) is 6.53. The first-order chi connectivity index (χ1) is 13.6. The number of imide groups is 1. The third-order valence-corrected chi connectivity index (χ3v) is 4.64. The third kappa shape index (κ3) is 3.76. The van der Waals surface area contributed by atoms with Gasteiger partial charge >= 0.3 is 5.97 Å². The summed E-state index contributed by atoms with van der Waals surface area (Å²) in [6, 6.07) is 8.86. The molecule has 0 saturated heterocycles. The molecule has 0 fully saturated rings. The average molecular weight is 381 g/mol. The first kappa shape index (κ1) is 19.6. The van der Waals surface area contributed by atoms with Crippen molar-refractivity contribution in [2.45, 2.75) is 26.2 Å². The fourth-order valence-corrected chi connectivity index (χ4v) is 3.24. The highest BCUT2D eigenvalue weighted by Crippen LogP contribution is 2.35. The van der Waals surface area contributed by atoms with E-state index in [0.29, 0.717) is 41.8 Å². The summed E-state index contributed by atoms with van der Waals surface area (Å²) in [6.45, 7) is 6.36. The molecule has 6 heteroatoms. The molecule has 2 aromatic carbocycles. The zero-order chi connectivity index (χ0) is 20.1. The lowest BCUT2D eigenvalue weighted by Crippen LogP contribution is -2.40. The van der Waals surface area contributed by atoms with Crippen LogP contribution in [0.25, 0.3) is 10.8 Å². The van der Waals surface area contributed by atoms with Crippen molar-refractivity contribution in [3.63, 3.8) is 0 Å². The minimum atomic E-state index is -0.466. The summed E-state index contributed by atoms with van der Waals surface area (Å²) in [4.78, 5) is 38.0. The number of ether oxygens (including phenoxy) is 2. The van der Waals surface area contributed by atoms with Crippen molar-refractivity contribution in [2.75, 3.05) is 19.8 Å². The first-order valence-electron chi connectivity index (χ1n) is 9.42. The number of amides is 2. The van der Waals surface area contributed by atoms with E-state index in [1.807, 2.05) is 13.0 Å². The number of hydrogen-bond donors (Lipinski definition) is 0. The molecule has 2 aromatic rings. The van der Waals surface area contributed by atoms with Crippen molar-refractivity contribution < 1.29 is 23.9 Å². The number of rotatable bonds is 9. The van der Waals surface area contributed by atoms with E-state index in [-0.39, 0.29) is 18.4 Å². The highest BCUT2D eigenvalue weighted by molar-refractivity contribution is 6.26. The van der Waals surface area contributed by atoms with Crippen LogP contribution in [0.15, 0.2) is 43.0 Å². The predicted molar refractivity (Wildman–Crippen MR) is 105 cm³/mol. The summed E-state index contributed by atoms with van der Waals surface area (Å²) < 4.78 is 10.7. The molecule has 0 spiro atoms. The van der Waals surface area contributed by atoms with Crippen molar-refractivity contribution in [3.05, 3.63) is 54.1 Å². The molecule has 0 atom stereocenters. The van der Waals surface area contributed by atoms with E-state index < -0.39 is 5.97 Å². The molecule has 0 saturated carbocycles. The van der Waals surface area contributed by atoms with E-state index in [2.05, 4.69) is 6.58 Å². The Morgan fingerprint density at radius 3 is 2.54 bits per heavy atom. The molecular weight excluding hydrogens is 358 g/mol. The Morgan fingerprint density at radius 1 is 1.07 bits per heavy atom. The fraction of sp³-hybridized carbons (Fsp3) is 0.318. The molecule has 2 amide bonds. The average Bonchev–Trinajstić information content (AvgIpc) is 2.71. The first-order valence-corrected chi connectivity index (χ1v) is 9.42. The second kappa shape index (κ2) is 8.69. The lowest BCUT2D eigenvalue weighted by atomic mass is 9.93.